The monoisotopic (exact) mass is 242 g/mol. The van der Waals surface area contributed by atoms with Crippen molar-refractivity contribution in [3.63, 3.8) is 0 Å². The van der Waals surface area contributed by atoms with Crippen LogP contribution in [0.3, 0.4) is 0 Å². The first-order valence-corrected chi connectivity index (χ1v) is 5.71. The maximum absolute atomic E-state index is 10.4. The largest absolute Gasteiger partial charge is 0.480 e. The van der Waals surface area contributed by atoms with Gasteiger partial charge in [-0.15, -0.1) is 0 Å². The van der Waals surface area contributed by atoms with Crippen LogP contribution < -0.4 is 11.5 Å². The van der Waals surface area contributed by atoms with Gasteiger partial charge in [-0.25, -0.2) is 4.57 Å². The van der Waals surface area contributed by atoms with Crippen molar-refractivity contribution in [2.45, 2.75) is 25.0 Å². The van der Waals surface area contributed by atoms with E-state index >= 15 is 0 Å². The quantitative estimate of drug-likeness (QED) is 0.342. The van der Waals surface area contributed by atoms with E-state index in [1.165, 1.54) is 0 Å². The van der Waals surface area contributed by atoms with Crippen LogP contribution in [0, 0.1) is 0 Å². The molecule has 9 heteroatoms. The van der Waals surface area contributed by atoms with Crippen LogP contribution in [-0.4, -0.2) is 39.6 Å². The molecule has 2 atom stereocenters. The van der Waals surface area contributed by atoms with Crippen LogP contribution in [-0.2, 0) is 13.9 Å². The minimum Gasteiger partial charge on any atom is -0.480 e. The molecule has 0 aliphatic rings. The summed E-state index contributed by atoms with van der Waals surface area (Å²) in [6.07, 6.45) is -0.775. The Morgan fingerprint density at radius 2 is 1.93 bits per heavy atom. The Bertz CT molecular complexity index is 254. The number of nitrogens with two attached hydrogens (primary N) is 2. The van der Waals surface area contributed by atoms with Crippen molar-refractivity contribution >= 4 is 13.8 Å². The molecule has 90 valence electrons. The molecule has 0 aromatic rings. The molecule has 0 bridgehead atoms. The topological polar surface area (TPSA) is 156 Å². The van der Waals surface area contributed by atoms with E-state index < -0.39 is 25.9 Å². The van der Waals surface area contributed by atoms with Gasteiger partial charge in [-0.05, 0) is 12.8 Å². The number of aliphatic carboxylic acids is 1. The van der Waals surface area contributed by atoms with Gasteiger partial charge in [0.15, 0.2) is 0 Å². The van der Waals surface area contributed by atoms with Gasteiger partial charge in [0, 0.05) is 6.54 Å². The van der Waals surface area contributed by atoms with Crippen molar-refractivity contribution in [2.24, 2.45) is 11.5 Å². The van der Waals surface area contributed by atoms with Crippen LogP contribution in [0.15, 0.2) is 0 Å². The smallest absolute Gasteiger partial charge is 0.469 e. The highest BCUT2D eigenvalue weighted by atomic mass is 31.2. The number of rotatable bonds is 7. The molecule has 0 aliphatic heterocycles. The Balaban J connectivity index is 4.01. The summed E-state index contributed by atoms with van der Waals surface area (Å²) in [5.74, 6) is -1.18. The van der Waals surface area contributed by atoms with Gasteiger partial charge in [0.05, 0.1) is 6.10 Å². The predicted molar refractivity (Wildman–Crippen MR) is 50.8 cm³/mol. The van der Waals surface area contributed by atoms with E-state index in [1.54, 1.807) is 0 Å². The van der Waals surface area contributed by atoms with Crippen LogP contribution in [0.5, 0.6) is 0 Å². The molecule has 8 nitrogen and oxygen atoms in total. The summed E-state index contributed by atoms with van der Waals surface area (Å²) in [7, 11) is -4.59. The van der Waals surface area contributed by atoms with Crippen LogP contribution in [0.4, 0.5) is 0 Å². The zero-order valence-corrected chi connectivity index (χ0v) is 8.84. The van der Waals surface area contributed by atoms with Crippen molar-refractivity contribution in [3.05, 3.63) is 0 Å². The molecular formula is C6H15N2O6P. The molecule has 15 heavy (non-hydrogen) atoms. The van der Waals surface area contributed by atoms with E-state index in [0.29, 0.717) is 0 Å². The normalized spacial score (nSPS) is 16.0. The van der Waals surface area contributed by atoms with Crippen molar-refractivity contribution < 1.29 is 28.8 Å². The Morgan fingerprint density at radius 3 is 2.27 bits per heavy atom. The molecule has 1 unspecified atom stereocenters. The molecule has 0 saturated carbocycles. The van der Waals surface area contributed by atoms with Gasteiger partial charge in [-0.3, -0.25) is 9.32 Å². The third kappa shape index (κ3) is 7.43. The lowest BCUT2D eigenvalue weighted by Gasteiger charge is -2.17. The number of phosphoric ester groups is 1. The molecular weight excluding hydrogens is 227 g/mol. The lowest BCUT2D eigenvalue weighted by molar-refractivity contribution is -0.138. The minimum atomic E-state index is -4.59. The fourth-order valence-corrected chi connectivity index (χ4v) is 1.48. The number of hydrogen-bond donors (Lipinski definition) is 5. The molecule has 0 heterocycles. The Labute approximate surface area is 86.5 Å². The molecule has 0 saturated heterocycles. The number of carboxylic acid groups (broad SMARTS) is 1. The van der Waals surface area contributed by atoms with Gasteiger partial charge in [0.1, 0.15) is 6.04 Å². The van der Waals surface area contributed by atoms with Crippen LogP contribution in [0.1, 0.15) is 12.8 Å². The van der Waals surface area contributed by atoms with E-state index in [0.717, 1.165) is 0 Å². The summed E-state index contributed by atoms with van der Waals surface area (Å²) in [6.45, 7) is -0.114. The van der Waals surface area contributed by atoms with E-state index in [-0.39, 0.29) is 19.4 Å². The van der Waals surface area contributed by atoms with Crippen molar-refractivity contribution in [2.75, 3.05) is 6.54 Å². The third-order valence-corrected chi connectivity index (χ3v) is 2.24. The molecule has 0 fully saturated rings. The Kier molecular flexibility index (Phi) is 5.96. The van der Waals surface area contributed by atoms with E-state index in [1.807, 2.05) is 0 Å². The highest BCUT2D eigenvalue weighted by Gasteiger charge is 2.22. The van der Waals surface area contributed by atoms with Gasteiger partial charge in [0.25, 0.3) is 0 Å². The van der Waals surface area contributed by atoms with Gasteiger partial charge < -0.3 is 26.4 Å². The van der Waals surface area contributed by atoms with E-state index in [9.17, 15) is 9.36 Å². The predicted octanol–water partition coefficient (Wildman–Crippen LogP) is -1.38. The average molecular weight is 242 g/mol. The highest BCUT2D eigenvalue weighted by Crippen LogP contribution is 2.38. The van der Waals surface area contributed by atoms with Gasteiger partial charge in [-0.2, -0.15) is 0 Å². The molecule has 0 aromatic heterocycles. The summed E-state index contributed by atoms with van der Waals surface area (Å²) in [4.78, 5) is 27.3. The first-order valence-electron chi connectivity index (χ1n) is 4.18. The molecule has 0 aliphatic carbocycles. The molecule has 0 spiro atoms. The third-order valence-electron chi connectivity index (χ3n) is 1.67. The van der Waals surface area contributed by atoms with Crippen molar-refractivity contribution in [3.8, 4) is 0 Å². The standard InChI is InChI=1S/C6H15N2O6P/c7-3-4(14-15(11,12)13)1-2-5(8)6(9)10/h4-5H,1-3,7-8H2,(H,9,10)(H2,11,12,13)/t4?,5-/m0/s1. The first kappa shape index (κ1) is 14.5. The summed E-state index contributed by atoms with van der Waals surface area (Å²) in [5, 5.41) is 8.45. The minimum absolute atomic E-state index is 0.0389. The molecule has 0 radical (unpaired) electrons. The fourth-order valence-electron chi connectivity index (χ4n) is 0.897. The second kappa shape index (κ2) is 6.16. The molecule has 0 rings (SSSR count). The van der Waals surface area contributed by atoms with E-state index in [2.05, 4.69) is 4.52 Å². The number of phosphoric acid groups is 1. The van der Waals surface area contributed by atoms with Crippen LogP contribution in [0.25, 0.3) is 0 Å². The Hall–Kier alpha value is -0.500. The zero-order valence-electron chi connectivity index (χ0n) is 7.94. The fraction of sp³-hybridized carbons (Fsp3) is 0.833. The maximum atomic E-state index is 10.4. The maximum Gasteiger partial charge on any atom is 0.469 e. The van der Waals surface area contributed by atoms with Crippen molar-refractivity contribution in [1.82, 2.24) is 0 Å². The van der Waals surface area contributed by atoms with Gasteiger partial charge in [0.2, 0.25) is 0 Å². The Morgan fingerprint density at radius 1 is 1.40 bits per heavy atom. The number of carbonyl (C=O) groups is 1. The summed E-state index contributed by atoms with van der Waals surface area (Å²) >= 11 is 0. The summed E-state index contributed by atoms with van der Waals surface area (Å²) in [5.41, 5.74) is 10.4. The lowest BCUT2D eigenvalue weighted by Crippen LogP contribution is -2.32. The SMILES string of the molecule is NCC(CC[C@H](N)C(=O)O)OP(=O)(O)O. The van der Waals surface area contributed by atoms with E-state index in [4.69, 9.17) is 26.4 Å². The summed E-state index contributed by atoms with van der Waals surface area (Å²) in [6, 6.07) is -1.08. The average Bonchev–Trinajstić information content (AvgIpc) is 2.09. The molecule has 0 aromatic carbocycles. The lowest BCUT2D eigenvalue weighted by atomic mass is 10.1. The summed E-state index contributed by atoms with van der Waals surface area (Å²) < 4.78 is 14.8. The zero-order chi connectivity index (χ0) is 12.1. The van der Waals surface area contributed by atoms with Gasteiger partial charge >= 0.3 is 13.8 Å². The highest BCUT2D eigenvalue weighted by molar-refractivity contribution is 7.46. The molecule has 0 amide bonds. The van der Waals surface area contributed by atoms with Crippen LogP contribution >= 0.6 is 7.82 Å². The van der Waals surface area contributed by atoms with Crippen LogP contribution in [0.2, 0.25) is 0 Å². The second-order valence-corrected chi connectivity index (χ2v) is 4.17. The van der Waals surface area contributed by atoms with Crippen molar-refractivity contribution in [1.29, 1.82) is 0 Å². The van der Waals surface area contributed by atoms with Gasteiger partial charge in [-0.1, -0.05) is 0 Å². The first-order chi connectivity index (χ1) is 6.76. The number of hydrogen-bond acceptors (Lipinski definition) is 5. The molecule has 7 N–H and O–H groups in total. The number of carboxylic acids is 1. The second-order valence-electron chi connectivity index (χ2n) is 2.98.